The largest absolute Gasteiger partial charge is 0.497 e. The molecule has 4 rings (SSSR count). The first-order valence-corrected chi connectivity index (χ1v) is 9.22. The Labute approximate surface area is 149 Å². The van der Waals surface area contributed by atoms with Crippen molar-refractivity contribution in [2.24, 2.45) is 5.92 Å². The molecule has 0 bridgehead atoms. The second-order valence-electron chi connectivity index (χ2n) is 7.29. The maximum absolute atomic E-state index is 11.3. The first-order valence-electron chi connectivity index (χ1n) is 9.22. The van der Waals surface area contributed by atoms with Gasteiger partial charge in [0.05, 0.1) is 20.3 Å². The molecule has 0 heterocycles. The van der Waals surface area contributed by atoms with Gasteiger partial charge < -0.3 is 14.6 Å². The summed E-state index contributed by atoms with van der Waals surface area (Å²) in [6, 6.07) is 14.5. The molecule has 0 aromatic heterocycles. The summed E-state index contributed by atoms with van der Waals surface area (Å²) in [4.78, 5) is 0. The minimum atomic E-state index is -0.488. The molecule has 3 nitrogen and oxygen atoms in total. The van der Waals surface area contributed by atoms with Gasteiger partial charge in [-0.3, -0.25) is 0 Å². The zero-order valence-electron chi connectivity index (χ0n) is 14.9. The standard InChI is InChI=1S/C22H26O3/c1-24-15-9-7-14(8-10-15)21-19-6-4-3-5-17(19)18-12-11-16(25-2)13-20(18)22(21)23/h7-13,17,19,21-23H,3-6H2,1-2H3/t17-,19-,21?,22?/m0/s1. The van der Waals surface area contributed by atoms with Gasteiger partial charge >= 0.3 is 0 Å². The van der Waals surface area contributed by atoms with E-state index in [0.717, 1.165) is 17.1 Å². The van der Waals surface area contributed by atoms with Gasteiger partial charge in [-0.1, -0.05) is 31.0 Å². The number of aliphatic hydroxyl groups is 1. The molecular formula is C22H26O3. The zero-order chi connectivity index (χ0) is 17.4. The van der Waals surface area contributed by atoms with E-state index in [1.54, 1.807) is 14.2 Å². The van der Waals surface area contributed by atoms with E-state index < -0.39 is 6.10 Å². The summed E-state index contributed by atoms with van der Waals surface area (Å²) in [5, 5.41) is 11.3. The maximum Gasteiger partial charge on any atom is 0.119 e. The quantitative estimate of drug-likeness (QED) is 0.873. The number of aliphatic hydroxyl groups excluding tert-OH is 1. The van der Waals surface area contributed by atoms with Crippen molar-refractivity contribution in [3.8, 4) is 11.5 Å². The van der Waals surface area contributed by atoms with Crippen molar-refractivity contribution in [1.82, 2.24) is 0 Å². The Morgan fingerprint density at radius 2 is 1.52 bits per heavy atom. The number of hydrogen-bond acceptors (Lipinski definition) is 3. The fourth-order valence-electron chi connectivity index (χ4n) is 4.93. The van der Waals surface area contributed by atoms with Crippen LogP contribution < -0.4 is 9.47 Å². The van der Waals surface area contributed by atoms with Crippen LogP contribution in [0, 0.1) is 5.92 Å². The normalized spacial score (nSPS) is 28.0. The summed E-state index contributed by atoms with van der Waals surface area (Å²) < 4.78 is 10.7. The van der Waals surface area contributed by atoms with E-state index >= 15 is 0 Å². The van der Waals surface area contributed by atoms with E-state index in [1.807, 2.05) is 24.3 Å². The molecule has 4 atom stereocenters. The SMILES string of the molecule is COc1ccc(C2C(O)c3cc(OC)ccc3[C@@H]3CCCC[C@H]23)cc1. The van der Waals surface area contributed by atoms with Crippen molar-refractivity contribution in [3.63, 3.8) is 0 Å². The molecule has 2 aliphatic rings. The topological polar surface area (TPSA) is 38.7 Å². The smallest absolute Gasteiger partial charge is 0.119 e. The third-order valence-corrected chi connectivity index (χ3v) is 6.13. The highest BCUT2D eigenvalue weighted by Crippen LogP contribution is 2.55. The van der Waals surface area contributed by atoms with Crippen LogP contribution in [0.2, 0.25) is 0 Å². The Bertz CT molecular complexity index is 737. The number of benzene rings is 2. The minimum Gasteiger partial charge on any atom is -0.497 e. The Morgan fingerprint density at radius 3 is 2.24 bits per heavy atom. The Balaban J connectivity index is 1.79. The van der Waals surface area contributed by atoms with Gasteiger partial charge in [0.25, 0.3) is 0 Å². The molecule has 0 saturated heterocycles. The maximum atomic E-state index is 11.3. The van der Waals surface area contributed by atoms with Crippen LogP contribution in [-0.2, 0) is 0 Å². The second-order valence-corrected chi connectivity index (χ2v) is 7.29. The van der Waals surface area contributed by atoms with Crippen molar-refractivity contribution < 1.29 is 14.6 Å². The summed E-state index contributed by atoms with van der Waals surface area (Å²) in [7, 11) is 3.37. The van der Waals surface area contributed by atoms with E-state index in [0.29, 0.717) is 11.8 Å². The molecule has 0 aliphatic heterocycles. The minimum absolute atomic E-state index is 0.135. The van der Waals surface area contributed by atoms with Gasteiger partial charge in [-0.05, 0) is 65.6 Å². The predicted octanol–water partition coefficient (Wildman–Crippen LogP) is 4.81. The van der Waals surface area contributed by atoms with E-state index in [9.17, 15) is 5.11 Å². The van der Waals surface area contributed by atoms with E-state index in [-0.39, 0.29) is 5.92 Å². The predicted molar refractivity (Wildman–Crippen MR) is 98.4 cm³/mol. The third-order valence-electron chi connectivity index (χ3n) is 6.13. The second kappa shape index (κ2) is 6.72. The molecule has 3 heteroatoms. The van der Waals surface area contributed by atoms with Crippen molar-refractivity contribution in [2.75, 3.05) is 14.2 Å². The van der Waals surface area contributed by atoms with Crippen LogP contribution in [0.4, 0.5) is 0 Å². The van der Waals surface area contributed by atoms with E-state index in [1.165, 1.54) is 36.8 Å². The van der Waals surface area contributed by atoms with Crippen LogP contribution >= 0.6 is 0 Å². The van der Waals surface area contributed by atoms with Crippen molar-refractivity contribution in [2.45, 2.75) is 43.6 Å². The lowest BCUT2D eigenvalue weighted by Crippen LogP contribution is -2.33. The number of hydrogen-bond donors (Lipinski definition) is 1. The number of fused-ring (bicyclic) bond motifs is 3. The van der Waals surface area contributed by atoms with Crippen LogP contribution in [0.5, 0.6) is 11.5 Å². The van der Waals surface area contributed by atoms with Crippen molar-refractivity contribution in [3.05, 3.63) is 59.2 Å². The van der Waals surface area contributed by atoms with Gasteiger partial charge in [0.2, 0.25) is 0 Å². The molecule has 2 unspecified atom stereocenters. The summed E-state index contributed by atoms with van der Waals surface area (Å²) in [5.74, 6) is 2.84. The van der Waals surface area contributed by atoms with E-state index in [4.69, 9.17) is 9.47 Å². The summed E-state index contributed by atoms with van der Waals surface area (Å²) in [6.45, 7) is 0. The number of ether oxygens (including phenoxy) is 2. The third kappa shape index (κ3) is 2.81. The molecule has 0 amide bonds. The van der Waals surface area contributed by atoms with Gasteiger partial charge in [0, 0.05) is 5.92 Å². The summed E-state index contributed by atoms with van der Waals surface area (Å²) in [6.07, 6.45) is 4.44. The lowest BCUT2D eigenvalue weighted by Gasteiger charge is -2.45. The lowest BCUT2D eigenvalue weighted by atomic mass is 9.60. The Hall–Kier alpha value is -2.00. The van der Waals surface area contributed by atoms with Crippen molar-refractivity contribution >= 4 is 0 Å². The molecular weight excluding hydrogens is 312 g/mol. The van der Waals surface area contributed by atoms with Crippen LogP contribution in [0.25, 0.3) is 0 Å². The number of methoxy groups -OCH3 is 2. The van der Waals surface area contributed by atoms with E-state index in [2.05, 4.69) is 18.2 Å². The van der Waals surface area contributed by atoms with Crippen molar-refractivity contribution in [1.29, 1.82) is 0 Å². The molecule has 0 radical (unpaired) electrons. The monoisotopic (exact) mass is 338 g/mol. The summed E-state index contributed by atoms with van der Waals surface area (Å²) >= 11 is 0. The molecule has 1 saturated carbocycles. The fraction of sp³-hybridized carbons (Fsp3) is 0.455. The van der Waals surface area contributed by atoms with Crippen LogP contribution in [-0.4, -0.2) is 19.3 Å². The van der Waals surface area contributed by atoms with Crippen LogP contribution in [0.15, 0.2) is 42.5 Å². The Kier molecular flexibility index (Phi) is 4.43. The van der Waals surface area contributed by atoms with Crippen LogP contribution in [0.1, 0.15) is 60.3 Å². The zero-order valence-corrected chi connectivity index (χ0v) is 14.9. The van der Waals surface area contributed by atoms with Gasteiger partial charge in [-0.25, -0.2) is 0 Å². The average molecular weight is 338 g/mol. The lowest BCUT2D eigenvalue weighted by molar-refractivity contribution is 0.0751. The Morgan fingerprint density at radius 1 is 0.840 bits per heavy atom. The molecule has 132 valence electrons. The molecule has 2 aromatic rings. The molecule has 2 aliphatic carbocycles. The highest BCUT2D eigenvalue weighted by Gasteiger charge is 2.43. The van der Waals surface area contributed by atoms with Gasteiger partial charge in [0.15, 0.2) is 0 Å². The molecule has 1 fully saturated rings. The fourth-order valence-corrected chi connectivity index (χ4v) is 4.93. The average Bonchev–Trinajstić information content (AvgIpc) is 2.68. The first-order chi connectivity index (χ1) is 12.2. The molecule has 1 N–H and O–H groups in total. The molecule has 2 aromatic carbocycles. The highest BCUT2D eigenvalue weighted by molar-refractivity contribution is 5.45. The number of rotatable bonds is 3. The van der Waals surface area contributed by atoms with Crippen LogP contribution in [0.3, 0.4) is 0 Å². The first kappa shape index (κ1) is 16.5. The highest BCUT2D eigenvalue weighted by atomic mass is 16.5. The van der Waals surface area contributed by atoms with Gasteiger partial charge in [0.1, 0.15) is 11.5 Å². The van der Waals surface area contributed by atoms with Gasteiger partial charge in [-0.15, -0.1) is 0 Å². The summed E-state index contributed by atoms with van der Waals surface area (Å²) in [5.41, 5.74) is 3.57. The molecule has 0 spiro atoms. The van der Waals surface area contributed by atoms with Gasteiger partial charge in [-0.2, -0.15) is 0 Å². The molecule has 25 heavy (non-hydrogen) atoms.